The van der Waals surface area contributed by atoms with E-state index in [1.54, 1.807) is 53.4 Å². The maximum absolute atomic E-state index is 13.4. The van der Waals surface area contributed by atoms with Crippen molar-refractivity contribution in [3.05, 3.63) is 95.6 Å². The van der Waals surface area contributed by atoms with E-state index in [9.17, 15) is 14.4 Å². The highest BCUT2D eigenvalue weighted by Gasteiger charge is 2.35. The lowest BCUT2D eigenvalue weighted by molar-refractivity contribution is 0.0654. The molecule has 0 saturated heterocycles. The smallest absolute Gasteiger partial charge is 0.262 e. The molecule has 3 amide bonds. The Labute approximate surface area is 174 Å². The second-order valence-corrected chi connectivity index (χ2v) is 6.80. The number of carbonyl (C=O) groups is 3. The summed E-state index contributed by atoms with van der Waals surface area (Å²) in [6, 6.07) is 22.9. The molecule has 0 fully saturated rings. The highest BCUT2D eigenvalue weighted by Crippen LogP contribution is 2.25. The van der Waals surface area contributed by atoms with E-state index in [4.69, 9.17) is 4.74 Å². The van der Waals surface area contributed by atoms with Gasteiger partial charge in [-0.1, -0.05) is 42.5 Å². The topological polar surface area (TPSA) is 66.9 Å². The van der Waals surface area contributed by atoms with Gasteiger partial charge in [-0.2, -0.15) is 0 Å². The zero-order valence-electron chi connectivity index (χ0n) is 16.4. The molecule has 0 atom stereocenters. The van der Waals surface area contributed by atoms with Crippen LogP contribution in [0.15, 0.2) is 78.9 Å². The van der Waals surface area contributed by atoms with Crippen LogP contribution in [0.2, 0.25) is 0 Å². The Kier molecular flexibility index (Phi) is 5.30. The second-order valence-electron chi connectivity index (χ2n) is 6.80. The van der Waals surface area contributed by atoms with Crippen LogP contribution >= 0.6 is 0 Å². The molecule has 30 heavy (non-hydrogen) atoms. The van der Waals surface area contributed by atoms with Gasteiger partial charge in [-0.3, -0.25) is 19.3 Å². The fourth-order valence-electron chi connectivity index (χ4n) is 3.56. The molecule has 1 heterocycles. The minimum atomic E-state index is -0.339. The van der Waals surface area contributed by atoms with Crippen molar-refractivity contribution < 1.29 is 19.1 Å². The van der Waals surface area contributed by atoms with E-state index in [0.29, 0.717) is 28.1 Å². The van der Waals surface area contributed by atoms with Crippen molar-refractivity contribution in [3.8, 4) is 5.75 Å². The lowest BCUT2D eigenvalue weighted by atomic mass is 10.1. The van der Waals surface area contributed by atoms with Crippen LogP contribution in [-0.2, 0) is 0 Å². The van der Waals surface area contributed by atoms with Crippen LogP contribution in [0.25, 0.3) is 0 Å². The molecule has 0 bridgehead atoms. The molecule has 0 N–H and O–H groups in total. The Morgan fingerprint density at radius 2 is 1.40 bits per heavy atom. The van der Waals surface area contributed by atoms with Gasteiger partial charge in [0.25, 0.3) is 17.7 Å². The van der Waals surface area contributed by atoms with Gasteiger partial charge < -0.3 is 9.64 Å². The van der Waals surface area contributed by atoms with E-state index < -0.39 is 0 Å². The summed E-state index contributed by atoms with van der Waals surface area (Å²) in [5.74, 6) is -0.485. The maximum atomic E-state index is 13.4. The quantitative estimate of drug-likeness (QED) is 0.593. The number of amides is 3. The summed E-state index contributed by atoms with van der Waals surface area (Å²) >= 11 is 0. The number of nitrogens with zero attached hydrogens (tertiary/aromatic N) is 2. The van der Waals surface area contributed by atoms with Crippen LogP contribution in [0, 0.1) is 0 Å². The molecule has 6 nitrogen and oxygen atoms in total. The monoisotopic (exact) mass is 400 g/mol. The molecule has 0 aliphatic carbocycles. The van der Waals surface area contributed by atoms with Gasteiger partial charge in [0.1, 0.15) is 5.75 Å². The van der Waals surface area contributed by atoms with E-state index in [1.165, 1.54) is 12.0 Å². The van der Waals surface area contributed by atoms with Crippen molar-refractivity contribution in [3.63, 3.8) is 0 Å². The Morgan fingerprint density at radius 3 is 2.03 bits per heavy atom. The summed E-state index contributed by atoms with van der Waals surface area (Å²) in [6.45, 7) is 0.245. The van der Waals surface area contributed by atoms with E-state index in [1.807, 2.05) is 30.3 Å². The Hall–Kier alpha value is -3.93. The number of methoxy groups -OCH3 is 1. The molecule has 1 aliphatic heterocycles. The maximum Gasteiger partial charge on any atom is 0.262 e. The van der Waals surface area contributed by atoms with E-state index in [2.05, 4.69) is 0 Å². The van der Waals surface area contributed by atoms with Gasteiger partial charge in [0.15, 0.2) is 0 Å². The summed E-state index contributed by atoms with van der Waals surface area (Å²) in [4.78, 5) is 41.5. The third kappa shape index (κ3) is 3.43. The van der Waals surface area contributed by atoms with Crippen molar-refractivity contribution in [2.24, 2.45) is 0 Å². The Morgan fingerprint density at radius 1 is 0.833 bits per heavy atom. The summed E-state index contributed by atoms with van der Waals surface area (Å²) in [5.41, 5.74) is 1.87. The zero-order valence-corrected chi connectivity index (χ0v) is 16.4. The first-order chi connectivity index (χ1) is 14.6. The van der Waals surface area contributed by atoms with Crippen LogP contribution in [0.5, 0.6) is 5.75 Å². The van der Waals surface area contributed by atoms with Gasteiger partial charge in [-0.25, -0.2) is 0 Å². The molecular weight excluding hydrogens is 380 g/mol. The number of fused-ring (bicyclic) bond motifs is 1. The predicted molar refractivity (Wildman–Crippen MR) is 113 cm³/mol. The fraction of sp³-hybridized carbons (Fsp3) is 0.125. The summed E-state index contributed by atoms with van der Waals surface area (Å²) in [6.07, 6.45) is 0. The third-order valence-electron chi connectivity index (χ3n) is 5.08. The first kappa shape index (κ1) is 19.4. The average Bonchev–Trinajstić information content (AvgIpc) is 3.04. The van der Waals surface area contributed by atoms with Gasteiger partial charge in [0.2, 0.25) is 0 Å². The largest absolute Gasteiger partial charge is 0.496 e. The van der Waals surface area contributed by atoms with Crippen molar-refractivity contribution in [2.45, 2.75) is 0 Å². The van der Waals surface area contributed by atoms with Crippen LogP contribution in [0.3, 0.4) is 0 Å². The number of hydrogen-bond donors (Lipinski definition) is 0. The van der Waals surface area contributed by atoms with Crippen LogP contribution in [0.4, 0.5) is 5.69 Å². The first-order valence-electron chi connectivity index (χ1n) is 9.57. The lowest BCUT2D eigenvalue weighted by Crippen LogP contribution is -2.41. The Bertz CT molecular complexity index is 1080. The number of imide groups is 1. The summed E-state index contributed by atoms with van der Waals surface area (Å²) in [5, 5.41) is 0. The molecule has 0 radical (unpaired) electrons. The summed E-state index contributed by atoms with van der Waals surface area (Å²) < 4.78 is 5.34. The van der Waals surface area contributed by atoms with E-state index in [0.717, 1.165) is 0 Å². The number of para-hydroxylation sites is 2. The highest BCUT2D eigenvalue weighted by atomic mass is 16.5. The normalized spacial score (nSPS) is 12.6. The van der Waals surface area contributed by atoms with Crippen molar-refractivity contribution in [1.29, 1.82) is 0 Å². The van der Waals surface area contributed by atoms with Crippen LogP contribution in [-0.4, -0.2) is 42.8 Å². The lowest BCUT2D eigenvalue weighted by Gasteiger charge is -2.26. The zero-order chi connectivity index (χ0) is 21.1. The molecule has 0 spiro atoms. The van der Waals surface area contributed by atoms with Gasteiger partial charge in [0, 0.05) is 18.8 Å². The molecule has 3 aromatic rings. The van der Waals surface area contributed by atoms with Gasteiger partial charge in [-0.05, 0) is 36.4 Å². The van der Waals surface area contributed by atoms with E-state index in [-0.39, 0.29) is 30.8 Å². The number of rotatable bonds is 6. The first-order valence-corrected chi connectivity index (χ1v) is 9.57. The molecular formula is C24H20N2O4. The van der Waals surface area contributed by atoms with Gasteiger partial charge in [0.05, 0.1) is 23.8 Å². The van der Waals surface area contributed by atoms with Gasteiger partial charge >= 0.3 is 0 Å². The molecule has 4 rings (SSSR count). The number of hydrogen-bond acceptors (Lipinski definition) is 4. The molecule has 1 aliphatic rings. The number of anilines is 1. The molecule has 0 unspecified atom stereocenters. The number of ether oxygens (including phenoxy) is 1. The average molecular weight is 400 g/mol. The van der Waals surface area contributed by atoms with Crippen molar-refractivity contribution >= 4 is 23.4 Å². The standard InChI is InChI=1S/C24H20N2O4/c1-30-21-14-8-7-13-20(21)24(29)25(17-9-3-2-4-10-17)15-16-26-22(27)18-11-5-6-12-19(18)23(26)28/h2-14H,15-16H2,1H3. The Balaban J connectivity index is 1.62. The van der Waals surface area contributed by atoms with Crippen LogP contribution < -0.4 is 9.64 Å². The summed E-state index contributed by atoms with van der Waals surface area (Å²) in [7, 11) is 1.51. The predicted octanol–water partition coefficient (Wildman–Crippen LogP) is 3.64. The number of benzene rings is 3. The van der Waals surface area contributed by atoms with Crippen molar-refractivity contribution in [1.82, 2.24) is 4.90 Å². The third-order valence-corrected chi connectivity index (χ3v) is 5.08. The highest BCUT2D eigenvalue weighted by molar-refractivity contribution is 6.21. The molecule has 6 heteroatoms. The van der Waals surface area contributed by atoms with Crippen LogP contribution in [0.1, 0.15) is 31.1 Å². The van der Waals surface area contributed by atoms with E-state index >= 15 is 0 Å². The minimum absolute atomic E-state index is 0.0854. The number of carbonyl (C=O) groups excluding carboxylic acids is 3. The molecule has 0 saturated carbocycles. The fourth-order valence-corrected chi connectivity index (χ4v) is 3.56. The molecule has 3 aromatic carbocycles. The molecule has 0 aromatic heterocycles. The SMILES string of the molecule is COc1ccccc1C(=O)N(CCN1C(=O)c2ccccc2C1=O)c1ccccc1. The minimum Gasteiger partial charge on any atom is -0.496 e. The van der Waals surface area contributed by atoms with Crippen molar-refractivity contribution in [2.75, 3.05) is 25.1 Å². The second kappa shape index (κ2) is 8.21. The molecule has 150 valence electrons. The van der Waals surface area contributed by atoms with Gasteiger partial charge in [-0.15, -0.1) is 0 Å².